The number of carbonyl (C=O) groups excluding carboxylic acids is 4. The van der Waals surface area contributed by atoms with Gasteiger partial charge in [0.25, 0.3) is 11.8 Å². The first-order chi connectivity index (χ1) is 25.3. The van der Waals surface area contributed by atoms with Gasteiger partial charge < -0.3 is 20.7 Å². The number of esters is 1. The third-order valence-corrected chi connectivity index (χ3v) is 12.4. The molecule has 0 radical (unpaired) electrons. The summed E-state index contributed by atoms with van der Waals surface area (Å²) in [4.78, 5) is 55.6. The number of carbonyl (C=O) groups is 4. The molecule has 1 heterocycles. The molecule has 4 aromatic rings. The molecular formula is C41H43Cl2N3O5S2. The fraction of sp³-hybridized carbons (Fsp3) is 0.317. The molecule has 0 fully saturated rings. The first-order valence-electron chi connectivity index (χ1n) is 17.5. The predicted octanol–water partition coefficient (Wildman–Crippen LogP) is 10.3. The molecule has 53 heavy (non-hydrogen) atoms. The number of thiophene rings is 1. The quantitative estimate of drug-likeness (QED) is 0.0748. The Balaban J connectivity index is 1.34. The minimum atomic E-state index is -0.584. The minimum absolute atomic E-state index is 0.0447. The van der Waals surface area contributed by atoms with Crippen molar-refractivity contribution in [2.45, 2.75) is 70.4 Å². The van der Waals surface area contributed by atoms with E-state index in [0.29, 0.717) is 44.7 Å². The Morgan fingerprint density at radius 1 is 0.981 bits per heavy atom. The largest absolute Gasteiger partial charge is 0.462 e. The predicted molar refractivity (Wildman–Crippen MR) is 217 cm³/mol. The summed E-state index contributed by atoms with van der Waals surface area (Å²) in [5, 5.41) is 9.23. The molecule has 0 spiro atoms. The van der Waals surface area contributed by atoms with Gasteiger partial charge in [0, 0.05) is 21.0 Å². The number of hydrogen-bond donors (Lipinski definition) is 3. The highest BCUT2D eigenvalue weighted by Gasteiger charge is 2.35. The Bertz CT molecular complexity index is 2020. The van der Waals surface area contributed by atoms with Gasteiger partial charge in [-0.25, -0.2) is 4.79 Å². The average molecular weight is 793 g/mol. The monoisotopic (exact) mass is 791 g/mol. The first kappa shape index (κ1) is 40.1. The molecule has 0 bridgehead atoms. The Hall–Kier alpha value is -4.09. The highest BCUT2D eigenvalue weighted by molar-refractivity contribution is 8.00. The summed E-state index contributed by atoms with van der Waals surface area (Å²) < 4.78 is 5.44. The van der Waals surface area contributed by atoms with Crippen LogP contribution >= 0.6 is 46.3 Å². The zero-order valence-electron chi connectivity index (χ0n) is 30.3. The van der Waals surface area contributed by atoms with E-state index in [2.05, 4.69) is 36.7 Å². The molecule has 8 nitrogen and oxygen atoms in total. The topological polar surface area (TPSA) is 114 Å². The summed E-state index contributed by atoms with van der Waals surface area (Å²) >= 11 is 15.5. The molecule has 12 heteroatoms. The third-order valence-electron chi connectivity index (χ3n) is 9.05. The number of rotatable bonds is 12. The van der Waals surface area contributed by atoms with Crippen LogP contribution in [0.3, 0.4) is 0 Å². The molecule has 3 N–H and O–H groups in total. The van der Waals surface area contributed by atoms with Crippen molar-refractivity contribution >= 4 is 86.8 Å². The molecular weight excluding hydrogens is 750 g/mol. The molecule has 278 valence electrons. The van der Waals surface area contributed by atoms with Crippen molar-refractivity contribution in [3.8, 4) is 0 Å². The zero-order chi connectivity index (χ0) is 38.3. The van der Waals surface area contributed by atoms with Gasteiger partial charge in [-0.3, -0.25) is 14.4 Å². The standard InChI is InChI=1S/C41H43Cl2N3O5S2/c1-6-32(38(49)46-39-34(40(50)51-7-2)29-20-19-26(41(3,4)5)22-33(29)53-39)52-28-17-12-16-27(23-28)44-37(48)31(21-25-15-11-18-30(42)35(25)43)45-36(47)24-13-9-8-10-14-24/h8-18,21,23,26,32H,6-7,19-20,22H2,1-5H3,(H,44,48)(H,45,47)(H,46,49)/b31-21+. The van der Waals surface area contributed by atoms with Gasteiger partial charge in [0.2, 0.25) is 5.91 Å². The summed E-state index contributed by atoms with van der Waals surface area (Å²) in [5.41, 5.74) is 2.82. The van der Waals surface area contributed by atoms with Crippen molar-refractivity contribution in [3.63, 3.8) is 0 Å². The van der Waals surface area contributed by atoms with Crippen LogP contribution in [0.15, 0.2) is 83.4 Å². The molecule has 1 aliphatic carbocycles. The van der Waals surface area contributed by atoms with E-state index in [1.807, 2.05) is 13.0 Å². The average Bonchev–Trinajstić information content (AvgIpc) is 3.49. The zero-order valence-corrected chi connectivity index (χ0v) is 33.5. The third kappa shape index (κ3) is 10.1. The van der Waals surface area contributed by atoms with Crippen LogP contribution in [0.5, 0.6) is 0 Å². The van der Waals surface area contributed by atoms with Crippen LogP contribution in [0, 0.1) is 11.3 Å². The van der Waals surface area contributed by atoms with Gasteiger partial charge >= 0.3 is 5.97 Å². The lowest BCUT2D eigenvalue weighted by atomic mass is 9.72. The van der Waals surface area contributed by atoms with Crippen molar-refractivity contribution in [3.05, 3.63) is 116 Å². The van der Waals surface area contributed by atoms with E-state index in [9.17, 15) is 19.2 Å². The number of amides is 3. The lowest BCUT2D eigenvalue weighted by Crippen LogP contribution is -2.30. The van der Waals surface area contributed by atoms with Crippen LogP contribution in [0.2, 0.25) is 10.0 Å². The molecule has 0 saturated carbocycles. The Morgan fingerprint density at radius 2 is 1.72 bits per heavy atom. The van der Waals surface area contributed by atoms with Gasteiger partial charge in [-0.15, -0.1) is 23.1 Å². The second-order valence-corrected chi connectivity index (χ2v) is 16.9. The molecule has 1 aromatic heterocycles. The van der Waals surface area contributed by atoms with Gasteiger partial charge in [0.05, 0.1) is 27.5 Å². The summed E-state index contributed by atoms with van der Waals surface area (Å²) in [5.74, 6) is -1.22. The van der Waals surface area contributed by atoms with Crippen molar-refractivity contribution in [2.24, 2.45) is 11.3 Å². The van der Waals surface area contributed by atoms with Crippen LogP contribution < -0.4 is 16.0 Å². The smallest absolute Gasteiger partial charge is 0.341 e. The van der Waals surface area contributed by atoms with E-state index in [1.54, 1.807) is 73.7 Å². The van der Waals surface area contributed by atoms with Gasteiger partial charge in [0.1, 0.15) is 10.7 Å². The van der Waals surface area contributed by atoms with Gasteiger partial charge in [-0.1, -0.05) is 87.3 Å². The van der Waals surface area contributed by atoms with E-state index >= 15 is 0 Å². The van der Waals surface area contributed by atoms with Crippen molar-refractivity contribution in [1.82, 2.24) is 5.32 Å². The maximum absolute atomic E-state index is 13.8. The van der Waals surface area contributed by atoms with E-state index in [1.165, 1.54) is 29.2 Å². The van der Waals surface area contributed by atoms with Gasteiger partial charge in [-0.05, 0) is 97.5 Å². The van der Waals surface area contributed by atoms with Crippen molar-refractivity contribution < 1.29 is 23.9 Å². The normalized spacial score (nSPS) is 14.8. The summed E-state index contributed by atoms with van der Waals surface area (Å²) in [7, 11) is 0. The first-order valence-corrected chi connectivity index (χ1v) is 20.0. The van der Waals surface area contributed by atoms with Crippen molar-refractivity contribution in [1.29, 1.82) is 0 Å². The lowest BCUT2D eigenvalue weighted by molar-refractivity contribution is -0.116. The van der Waals surface area contributed by atoms with Gasteiger partial charge in [0.15, 0.2) is 0 Å². The molecule has 2 unspecified atom stereocenters. The van der Waals surface area contributed by atoms with Crippen LogP contribution in [-0.2, 0) is 27.2 Å². The Morgan fingerprint density at radius 3 is 2.42 bits per heavy atom. The molecule has 5 rings (SSSR count). The van der Waals surface area contributed by atoms with E-state index in [0.717, 1.165) is 34.6 Å². The number of hydrogen-bond acceptors (Lipinski definition) is 7. The Labute approximate surface area is 329 Å². The van der Waals surface area contributed by atoms with Crippen molar-refractivity contribution in [2.75, 3.05) is 17.2 Å². The molecule has 0 aliphatic heterocycles. The number of fused-ring (bicyclic) bond motifs is 1. The highest BCUT2D eigenvalue weighted by atomic mass is 35.5. The minimum Gasteiger partial charge on any atom is -0.462 e. The van der Waals surface area contributed by atoms with E-state index in [4.69, 9.17) is 27.9 Å². The van der Waals surface area contributed by atoms with Crippen LogP contribution in [0.4, 0.5) is 10.7 Å². The lowest BCUT2D eigenvalue weighted by Gasteiger charge is -2.33. The molecule has 0 saturated heterocycles. The molecule has 3 amide bonds. The van der Waals surface area contributed by atoms with E-state index in [-0.39, 0.29) is 28.6 Å². The number of halogens is 2. The SMILES string of the molecule is CCOC(=O)c1c(NC(=O)C(CC)Sc2cccc(NC(=O)/C(=C\c3cccc(Cl)c3Cl)NC(=O)c3ccccc3)c2)sc2c1CCC(C(C)(C)C)C2. The second kappa shape index (κ2) is 17.8. The number of nitrogens with one attached hydrogen (secondary N) is 3. The van der Waals surface area contributed by atoms with Crippen LogP contribution in [0.25, 0.3) is 6.08 Å². The maximum atomic E-state index is 13.8. The second-order valence-electron chi connectivity index (χ2n) is 13.7. The molecule has 3 aromatic carbocycles. The van der Waals surface area contributed by atoms with E-state index < -0.39 is 23.0 Å². The fourth-order valence-corrected chi connectivity index (χ4v) is 8.78. The van der Waals surface area contributed by atoms with Gasteiger partial charge in [-0.2, -0.15) is 0 Å². The Kier molecular flexibility index (Phi) is 13.5. The number of thioether (sulfide) groups is 1. The maximum Gasteiger partial charge on any atom is 0.341 e. The summed E-state index contributed by atoms with van der Waals surface area (Å²) in [6.07, 6.45) is 4.57. The fourth-order valence-electron chi connectivity index (χ4n) is 6.09. The van der Waals surface area contributed by atoms with Crippen LogP contribution in [0.1, 0.15) is 84.2 Å². The molecule has 1 aliphatic rings. The van der Waals surface area contributed by atoms with Crippen LogP contribution in [-0.4, -0.2) is 35.5 Å². The number of anilines is 2. The number of benzene rings is 3. The highest BCUT2D eigenvalue weighted by Crippen LogP contribution is 2.45. The molecule has 2 atom stereocenters. The summed E-state index contributed by atoms with van der Waals surface area (Å²) in [6.45, 7) is 10.7. The number of ether oxygens (including phenoxy) is 1. The summed E-state index contributed by atoms with van der Waals surface area (Å²) in [6, 6.07) is 20.7.